The lowest BCUT2D eigenvalue weighted by Crippen LogP contribution is -2.45. The summed E-state index contributed by atoms with van der Waals surface area (Å²) < 4.78 is 7.79. The minimum Gasteiger partial charge on any atom is -0.460 e. The molecule has 1 aromatic carbocycles. The highest BCUT2D eigenvalue weighted by Gasteiger charge is 2.48. The molecule has 3 heterocycles. The molecular weight excluding hydrogens is 414 g/mol. The van der Waals surface area contributed by atoms with Crippen LogP contribution in [0.25, 0.3) is 11.6 Å². The summed E-state index contributed by atoms with van der Waals surface area (Å²) in [7, 11) is 2.42. The second-order valence-electron chi connectivity index (χ2n) is 11.6. The number of nitrogens with zero attached hydrogens (tertiary/aromatic N) is 1. The molecule has 0 bridgehead atoms. The van der Waals surface area contributed by atoms with Crippen LogP contribution in [0.1, 0.15) is 79.1 Å². The zero-order chi connectivity index (χ0) is 22.7. The molecule has 0 N–H and O–H groups in total. The van der Waals surface area contributed by atoms with E-state index in [1.54, 1.807) is 11.1 Å². The number of allylic oxidation sites excluding steroid dienone is 3. The van der Waals surface area contributed by atoms with E-state index in [4.69, 9.17) is 4.42 Å². The molecule has 2 heteroatoms. The van der Waals surface area contributed by atoms with E-state index in [2.05, 4.69) is 67.9 Å². The van der Waals surface area contributed by atoms with Crippen LogP contribution >= 0.6 is 0 Å². The van der Waals surface area contributed by atoms with E-state index in [0.717, 1.165) is 29.8 Å². The molecule has 0 radical (unpaired) electrons. The van der Waals surface area contributed by atoms with Crippen molar-refractivity contribution in [1.29, 1.82) is 0 Å². The maximum atomic E-state index is 6.80. The molecule has 1 aromatic heterocycles. The number of hydrogen-bond acceptors (Lipinski definition) is 1. The highest BCUT2D eigenvalue weighted by Crippen LogP contribution is 2.49. The van der Waals surface area contributed by atoms with Crippen molar-refractivity contribution in [2.45, 2.75) is 69.7 Å². The van der Waals surface area contributed by atoms with Crippen molar-refractivity contribution in [3.63, 3.8) is 0 Å². The maximum absolute atomic E-state index is 6.80. The third kappa shape index (κ3) is 3.33. The second kappa shape index (κ2) is 7.99. The van der Waals surface area contributed by atoms with Gasteiger partial charge in [0.05, 0.1) is 18.8 Å². The lowest BCUT2D eigenvalue weighted by atomic mass is 9.82. The Morgan fingerprint density at radius 2 is 1.85 bits per heavy atom. The Morgan fingerprint density at radius 3 is 2.71 bits per heavy atom. The third-order valence-corrected chi connectivity index (χ3v) is 9.27. The normalized spacial score (nSPS) is 30.0. The summed E-state index contributed by atoms with van der Waals surface area (Å²) in [6.07, 6.45) is 24.0. The molecule has 174 valence electrons. The van der Waals surface area contributed by atoms with Gasteiger partial charge in [-0.15, -0.1) is 0 Å². The van der Waals surface area contributed by atoms with E-state index in [0.29, 0.717) is 12.0 Å². The van der Waals surface area contributed by atoms with Crippen LogP contribution in [0.2, 0.25) is 0 Å². The largest absolute Gasteiger partial charge is 0.460 e. The number of hydrogen-bond donors (Lipinski definition) is 0. The van der Waals surface area contributed by atoms with Gasteiger partial charge in [-0.25, -0.2) is 0 Å². The van der Waals surface area contributed by atoms with Crippen LogP contribution < -0.4 is 0 Å². The van der Waals surface area contributed by atoms with Gasteiger partial charge in [0.1, 0.15) is 24.1 Å². The lowest BCUT2D eigenvalue weighted by Gasteiger charge is -2.35. The summed E-state index contributed by atoms with van der Waals surface area (Å²) in [6, 6.07) is 11.3. The van der Waals surface area contributed by atoms with Crippen LogP contribution in [0.3, 0.4) is 0 Å². The Bertz CT molecular complexity index is 1230. The summed E-state index contributed by atoms with van der Waals surface area (Å²) in [4.78, 5) is 0. The van der Waals surface area contributed by atoms with Gasteiger partial charge in [-0.1, -0.05) is 74.6 Å². The molecule has 3 unspecified atom stereocenters. The number of rotatable bonds is 3. The van der Waals surface area contributed by atoms with Gasteiger partial charge < -0.3 is 4.42 Å². The molecule has 5 aliphatic rings. The minimum absolute atomic E-state index is 0.416. The van der Waals surface area contributed by atoms with Crippen molar-refractivity contribution in [3.8, 4) is 0 Å². The van der Waals surface area contributed by atoms with Gasteiger partial charge in [-0.3, -0.25) is 4.48 Å². The van der Waals surface area contributed by atoms with E-state index in [1.165, 1.54) is 78.7 Å². The fraction of sp³-hybridized carbons (Fsp3) is 0.438. The van der Waals surface area contributed by atoms with Gasteiger partial charge in [0, 0.05) is 23.5 Å². The van der Waals surface area contributed by atoms with Gasteiger partial charge in [-0.05, 0) is 54.0 Å². The van der Waals surface area contributed by atoms with Crippen LogP contribution in [0.5, 0.6) is 0 Å². The van der Waals surface area contributed by atoms with Crippen molar-refractivity contribution >= 4 is 11.6 Å². The van der Waals surface area contributed by atoms with Crippen molar-refractivity contribution in [2.24, 2.45) is 5.92 Å². The molecule has 34 heavy (non-hydrogen) atoms. The van der Waals surface area contributed by atoms with E-state index < -0.39 is 0 Å². The van der Waals surface area contributed by atoms with E-state index >= 15 is 0 Å². The topological polar surface area (TPSA) is 13.1 Å². The van der Waals surface area contributed by atoms with E-state index in [-0.39, 0.29) is 0 Å². The standard InChI is InChI=1S/C32H36NO/c1-33-17-16-23(18-22-8-4-2-5-9-22)19-29(33)31-26(21-33)13-15-28-27-14-12-25(20-30(27)34-32(28)31)24-10-6-3-7-11-24/h3,6-7,10-12,14,16-17,19,22,25,29H,2,4-5,8-9,13,15,18,20-21H2,1H3/q+1. The highest BCUT2D eigenvalue weighted by molar-refractivity contribution is 5.80. The van der Waals surface area contributed by atoms with Crippen molar-refractivity contribution < 1.29 is 8.90 Å². The lowest BCUT2D eigenvalue weighted by molar-refractivity contribution is -0.860. The molecule has 1 saturated carbocycles. The summed E-state index contributed by atoms with van der Waals surface area (Å²) >= 11 is 0. The van der Waals surface area contributed by atoms with Gasteiger partial charge in [-0.2, -0.15) is 0 Å². The summed E-state index contributed by atoms with van der Waals surface area (Å²) in [5.74, 6) is 3.72. The average molecular weight is 451 g/mol. The van der Waals surface area contributed by atoms with Crippen molar-refractivity contribution in [3.05, 3.63) is 94.1 Å². The van der Waals surface area contributed by atoms with Gasteiger partial charge in [0.2, 0.25) is 0 Å². The van der Waals surface area contributed by atoms with E-state index in [1.807, 2.05) is 0 Å². The molecular formula is C32H36NO+. The highest BCUT2D eigenvalue weighted by atomic mass is 16.3. The quantitative estimate of drug-likeness (QED) is 0.439. The number of likely N-dealkylation sites (N-methyl/N-ethyl adjacent to an activating group) is 1. The average Bonchev–Trinajstić information content (AvgIpc) is 3.39. The van der Waals surface area contributed by atoms with Crippen LogP contribution in [-0.4, -0.2) is 24.1 Å². The monoisotopic (exact) mass is 450 g/mol. The fourth-order valence-electron chi connectivity index (χ4n) is 7.42. The predicted octanol–water partition coefficient (Wildman–Crippen LogP) is 7.59. The van der Waals surface area contributed by atoms with E-state index in [9.17, 15) is 0 Å². The van der Waals surface area contributed by atoms with Gasteiger partial charge >= 0.3 is 0 Å². The number of benzene rings is 1. The molecule has 0 saturated heterocycles. The smallest absolute Gasteiger partial charge is 0.142 e. The predicted molar refractivity (Wildman–Crippen MR) is 139 cm³/mol. The second-order valence-corrected chi connectivity index (χ2v) is 11.6. The first kappa shape index (κ1) is 20.8. The molecule has 3 atom stereocenters. The Labute approximate surface area is 203 Å². The molecule has 2 aromatic rings. The first-order chi connectivity index (χ1) is 16.7. The SMILES string of the molecule is C[N+]12C=CC(CC3CCCCC3)=CC1C1=C(CCc3c1oc1c3C=CC(c3ccccc3)C1)C2. The van der Waals surface area contributed by atoms with Gasteiger partial charge in [0.25, 0.3) is 0 Å². The Morgan fingerprint density at radius 1 is 1.00 bits per heavy atom. The zero-order valence-electron chi connectivity index (χ0n) is 20.4. The van der Waals surface area contributed by atoms with Crippen LogP contribution in [0.4, 0.5) is 0 Å². The first-order valence-electron chi connectivity index (χ1n) is 13.5. The molecule has 0 amide bonds. The molecule has 7 rings (SSSR count). The van der Waals surface area contributed by atoms with Crippen LogP contribution in [0, 0.1) is 5.92 Å². The molecule has 2 aliphatic heterocycles. The Kier molecular flexibility index (Phi) is 4.88. The third-order valence-electron chi connectivity index (χ3n) is 9.27. The van der Waals surface area contributed by atoms with Crippen molar-refractivity contribution in [2.75, 3.05) is 13.6 Å². The van der Waals surface area contributed by atoms with Crippen molar-refractivity contribution in [1.82, 2.24) is 0 Å². The Hall–Kier alpha value is -2.58. The zero-order valence-corrected chi connectivity index (χ0v) is 20.4. The fourth-order valence-corrected chi connectivity index (χ4v) is 7.42. The first-order valence-corrected chi connectivity index (χ1v) is 13.5. The van der Waals surface area contributed by atoms with Gasteiger partial charge in [0.15, 0.2) is 0 Å². The van der Waals surface area contributed by atoms with Crippen LogP contribution in [-0.2, 0) is 12.8 Å². The molecule has 2 nitrogen and oxygen atoms in total. The molecule has 3 aliphatic carbocycles. The van der Waals surface area contributed by atoms with Crippen LogP contribution in [0.15, 0.2) is 70.3 Å². The number of furan rings is 1. The summed E-state index contributed by atoms with van der Waals surface area (Å²) in [5.41, 5.74) is 8.96. The summed E-state index contributed by atoms with van der Waals surface area (Å²) in [6.45, 7) is 1.14. The number of quaternary nitrogens is 1. The molecule has 0 spiro atoms. The maximum Gasteiger partial charge on any atom is 0.142 e. The Balaban J connectivity index is 1.21. The number of fused-ring (bicyclic) bond motifs is 6. The summed E-state index contributed by atoms with van der Waals surface area (Å²) in [5, 5.41) is 0. The minimum atomic E-state index is 0.416. The molecule has 1 fully saturated rings.